The zero-order chi connectivity index (χ0) is 19.3. The number of nitrogens with one attached hydrogen (secondary N) is 1. The number of imidazole rings is 1. The lowest BCUT2D eigenvalue weighted by Gasteiger charge is -2.05. The van der Waals surface area contributed by atoms with Gasteiger partial charge in [0.1, 0.15) is 5.56 Å². The molecule has 0 atom stereocenters. The van der Waals surface area contributed by atoms with Crippen LogP contribution in [0.2, 0.25) is 0 Å². The lowest BCUT2D eigenvalue weighted by molar-refractivity contribution is 0.103. The van der Waals surface area contributed by atoms with E-state index in [1.54, 1.807) is 41.4 Å². The lowest BCUT2D eigenvalue weighted by Crippen LogP contribution is -2.20. The third-order valence-electron chi connectivity index (χ3n) is 4.79. The predicted octanol–water partition coefficient (Wildman–Crippen LogP) is 1.90. The highest BCUT2D eigenvalue weighted by Gasteiger charge is 2.19. The fraction of sp³-hybridized carbons (Fsp3) is 0.150. The van der Waals surface area contributed by atoms with Crippen molar-refractivity contribution in [3.8, 4) is 5.69 Å². The third-order valence-corrected chi connectivity index (χ3v) is 4.79. The van der Waals surface area contributed by atoms with Crippen LogP contribution in [0.3, 0.4) is 0 Å². The standard InChI is InChI=1S/C20H18N4O3/c1-12-4-7-14(8-5-12)24-17-10-13(6-9-16(17)22(2)20(24)27)18(25)15-11-21-23(3)19(15)26/h4-11,21H,1-3H3. The molecule has 0 spiro atoms. The van der Waals surface area contributed by atoms with Crippen molar-refractivity contribution in [2.24, 2.45) is 14.1 Å². The van der Waals surface area contributed by atoms with Crippen molar-refractivity contribution in [2.45, 2.75) is 6.92 Å². The SMILES string of the molecule is Cc1ccc(-n2c(=O)n(C)c3ccc(C(=O)c4c[nH]n(C)c4=O)cc32)cc1. The van der Waals surface area contributed by atoms with E-state index in [0.717, 1.165) is 11.3 Å². The average molecular weight is 362 g/mol. The highest BCUT2D eigenvalue weighted by molar-refractivity contribution is 6.10. The molecule has 7 heteroatoms. The van der Waals surface area contributed by atoms with Crippen LogP contribution in [0.25, 0.3) is 16.7 Å². The number of aromatic amines is 1. The predicted molar refractivity (Wildman–Crippen MR) is 103 cm³/mol. The Morgan fingerprint density at radius 1 is 0.963 bits per heavy atom. The number of H-pyrrole nitrogens is 1. The zero-order valence-electron chi connectivity index (χ0n) is 15.2. The first kappa shape index (κ1) is 16.8. The molecular formula is C20H18N4O3. The molecule has 0 aliphatic carbocycles. The summed E-state index contributed by atoms with van der Waals surface area (Å²) in [7, 11) is 3.24. The number of aryl methyl sites for hydroxylation is 3. The number of hydrogen-bond donors (Lipinski definition) is 1. The highest BCUT2D eigenvalue weighted by Crippen LogP contribution is 2.20. The second-order valence-corrected chi connectivity index (χ2v) is 6.60. The van der Waals surface area contributed by atoms with Crippen LogP contribution >= 0.6 is 0 Å². The molecule has 0 aliphatic rings. The minimum atomic E-state index is -0.385. The lowest BCUT2D eigenvalue weighted by atomic mass is 10.1. The molecule has 0 aliphatic heterocycles. The maximum atomic E-state index is 12.8. The molecule has 0 bridgehead atoms. The number of aromatic nitrogens is 4. The Balaban J connectivity index is 1.94. The van der Waals surface area contributed by atoms with E-state index >= 15 is 0 Å². The maximum absolute atomic E-state index is 12.8. The van der Waals surface area contributed by atoms with E-state index in [1.165, 1.54) is 10.9 Å². The number of carbonyl (C=O) groups excluding carboxylic acids is 1. The molecule has 136 valence electrons. The van der Waals surface area contributed by atoms with Gasteiger partial charge in [0.25, 0.3) is 5.56 Å². The molecule has 4 rings (SSSR count). The van der Waals surface area contributed by atoms with Gasteiger partial charge in [-0.1, -0.05) is 17.7 Å². The van der Waals surface area contributed by atoms with Crippen LogP contribution in [0.4, 0.5) is 0 Å². The normalized spacial score (nSPS) is 11.2. The summed E-state index contributed by atoms with van der Waals surface area (Å²) in [6.07, 6.45) is 1.40. The van der Waals surface area contributed by atoms with Gasteiger partial charge in [-0.3, -0.25) is 23.4 Å². The molecule has 2 aromatic heterocycles. The zero-order valence-corrected chi connectivity index (χ0v) is 15.2. The first-order chi connectivity index (χ1) is 12.9. The van der Waals surface area contributed by atoms with Crippen LogP contribution in [0.15, 0.2) is 58.3 Å². The topological polar surface area (TPSA) is 81.8 Å². The Kier molecular flexibility index (Phi) is 3.73. The van der Waals surface area contributed by atoms with Crippen molar-refractivity contribution in [3.05, 3.63) is 86.2 Å². The van der Waals surface area contributed by atoms with E-state index in [1.807, 2.05) is 31.2 Å². The van der Waals surface area contributed by atoms with E-state index in [0.29, 0.717) is 16.6 Å². The minimum Gasteiger partial charge on any atom is -0.302 e. The van der Waals surface area contributed by atoms with Crippen molar-refractivity contribution in [1.29, 1.82) is 0 Å². The summed E-state index contributed by atoms with van der Waals surface area (Å²) in [5, 5.41) is 2.70. The second kappa shape index (κ2) is 5.98. The minimum absolute atomic E-state index is 0.0667. The van der Waals surface area contributed by atoms with Crippen LogP contribution in [-0.2, 0) is 14.1 Å². The number of nitrogens with zero attached hydrogens (tertiary/aromatic N) is 3. The maximum Gasteiger partial charge on any atom is 0.333 e. The van der Waals surface area contributed by atoms with Crippen LogP contribution in [0.1, 0.15) is 21.5 Å². The van der Waals surface area contributed by atoms with E-state index in [9.17, 15) is 14.4 Å². The average Bonchev–Trinajstić information content (AvgIpc) is 3.12. The Bertz CT molecular complexity index is 1300. The monoisotopic (exact) mass is 362 g/mol. The van der Waals surface area contributed by atoms with Gasteiger partial charge >= 0.3 is 5.69 Å². The Morgan fingerprint density at radius 3 is 2.30 bits per heavy atom. The van der Waals surface area contributed by atoms with Gasteiger partial charge in [0.15, 0.2) is 5.78 Å². The van der Waals surface area contributed by atoms with Gasteiger partial charge in [-0.25, -0.2) is 4.79 Å². The largest absolute Gasteiger partial charge is 0.333 e. The Labute approximate surface area is 154 Å². The number of fused-ring (bicyclic) bond motifs is 1. The van der Waals surface area contributed by atoms with E-state index in [2.05, 4.69) is 5.10 Å². The van der Waals surface area contributed by atoms with Gasteiger partial charge in [0, 0.05) is 25.9 Å². The van der Waals surface area contributed by atoms with Gasteiger partial charge in [-0.05, 0) is 37.3 Å². The Morgan fingerprint density at radius 2 is 1.67 bits per heavy atom. The van der Waals surface area contributed by atoms with Gasteiger partial charge in [0.2, 0.25) is 0 Å². The summed E-state index contributed by atoms with van der Waals surface area (Å²) in [4.78, 5) is 37.6. The van der Waals surface area contributed by atoms with E-state index in [-0.39, 0.29) is 22.6 Å². The van der Waals surface area contributed by atoms with Crippen molar-refractivity contribution < 1.29 is 4.79 Å². The van der Waals surface area contributed by atoms with Gasteiger partial charge < -0.3 is 5.10 Å². The summed E-state index contributed by atoms with van der Waals surface area (Å²) in [5.41, 5.74) is 2.97. The van der Waals surface area contributed by atoms with Gasteiger partial charge in [0.05, 0.1) is 16.7 Å². The summed E-state index contributed by atoms with van der Waals surface area (Å²) in [6, 6.07) is 12.6. The number of benzene rings is 2. The number of ketones is 1. The molecule has 1 N–H and O–H groups in total. The molecule has 0 radical (unpaired) electrons. The quantitative estimate of drug-likeness (QED) is 0.565. The van der Waals surface area contributed by atoms with Gasteiger partial charge in [-0.15, -0.1) is 0 Å². The molecule has 2 heterocycles. The summed E-state index contributed by atoms with van der Waals surface area (Å²) >= 11 is 0. The molecule has 2 aromatic carbocycles. The first-order valence-corrected chi connectivity index (χ1v) is 8.46. The van der Waals surface area contributed by atoms with Crippen LogP contribution in [-0.4, -0.2) is 24.7 Å². The fourth-order valence-electron chi connectivity index (χ4n) is 3.21. The third kappa shape index (κ3) is 2.55. The van der Waals surface area contributed by atoms with E-state index in [4.69, 9.17) is 0 Å². The van der Waals surface area contributed by atoms with Crippen LogP contribution < -0.4 is 11.2 Å². The number of carbonyl (C=O) groups is 1. The summed E-state index contributed by atoms with van der Waals surface area (Å²) < 4.78 is 4.36. The summed E-state index contributed by atoms with van der Waals surface area (Å²) in [6.45, 7) is 1.98. The van der Waals surface area contributed by atoms with Crippen molar-refractivity contribution >= 4 is 16.8 Å². The molecular weight excluding hydrogens is 344 g/mol. The Hall–Kier alpha value is -3.61. The molecule has 0 saturated heterocycles. The number of rotatable bonds is 3. The first-order valence-electron chi connectivity index (χ1n) is 8.46. The fourth-order valence-corrected chi connectivity index (χ4v) is 3.21. The van der Waals surface area contributed by atoms with Crippen molar-refractivity contribution in [3.63, 3.8) is 0 Å². The molecule has 7 nitrogen and oxygen atoms in total. The van der Waals surface area contributed by atoms with Crippen LogP contribution in [0, 0.1) is 6.92 Å². The smallest absolute Gasteiger partial charge is 0.302 e. The summed E-state index contributed by atoms with van der Waals surface area (Å²) in [5.74, 6) is -0.384. The van der Waals surface area contributed by atoms with Gasteiger partial charge in [-0.2, -0.15) is 0 Å². The number of hydrogen-bond acceptors (Lipinski definition) is 3. The molecule has 0 fully saturated rings. The second-order valence-electron chi connectivity index (χ2n) is 6.60. The molecule has 4 aromatic rings. The molecule has 0 amide bonds. The molecule has 0 saturated carbocycles. The van der Waals surface area contributed by atoms with Crippen molar-refractivity contribution in [2.75, 3.05) is 0 Å². The molecule has 0 unspecified atom stereocenters. The van der Waals surface area contributed by atoms with Crippen LogP contribution in [0.5, 0.6) is 0 Å². The highest BCUT2D eigenvalue weighted by atomic mass is 16.2. The van der Waals surface area contributed by atoms with E-state index < -0.39 is 0 Å². The van der Waals surface area contributed by atoms with Crippen molar-refractivity contribution in [1.82, 2.24) is 18.9 Å². The molecule has 27 heavy (non-hydrogen) atoms.